The van der Waals surface area contributed by atoms with E-state index in [1.165, 1.54) is 0 Å². The largest absolute Gasteiger partial charge is 0.490 e. The first-order chi connectivity index (χ1) is 11.7. The molecule has 0 aliphatic carbocycles. The van der Waals surface area contributed by atoms with Crippen LogP contribution in [0.25, 0.3) is 0 Å². The fraction of sp³-hybridized carbons (Fsp3) is 0.611. The van der Waals surface area contributed by atoms with Crippen LogP contribution in [-0.2, 0) is 9.53 Å². The molecule has 132 valence electrons. The van der Waals surface area contributed by atoms with Gasteiger partial charge in [0.2, 0.25) is 0 Å². The number of para-hydroxylation sites is 2. The van der Waals surface area contributed by atoms with Crippen molar-refractivity contribution in [1.82, 2.24) is 4.90 Å². The Bertz CT molecular complexity index is 578. The normalized spacial score (nSPS) is 26.8. The van der Waals surface area contributed by atoms with Crippen LogP contribution in [-0.4, -0.2) is 62.0 Å². The van der Waals surface area contributed by atoms with Gasteiger partial charge in [0.25, 0.3) is 0 Å². The molecule has 0 saturated carbocycles. The number of benzene rings is 1. The Morgan fingerprint density at radius 2 is 2.12 bits per heavy atom. The highest BCUT2D eigenvalue weighted by Crippen LogP contribution is 2.41. The van der Waals surface area contributed by atoms with Gasteiger partial charge in [0.05, 0.1) is 13.2 Å². The van der Waals surface area contributed by atoms with Crippen molar-refractivity contribution in [3.63, 3.8) is 0 Å². The maximum atomic E-state index is 11.8. The van der Waals surface area contributed by atoms with E-state index in [0.717, 1.165) is 24.5 Å². The van der Waals surface area contributed by atoms with E-state index in [4.69, 9.17) is 14.2 Å². The number of ether oxygens (including phenoxy) is 3. The Labute approximate surface area is 142 Å². The zero-order valence-corrected chi connectivity index (χ0v) is 14.1. The minimum Gasteiger partial charge on any atom is -0.490 e. The molecule has 1 aromatic rings. The predicted octanol–water partition coefficient (Wildman–Crippen LogP) is 1.89. The van der Waals surface area contributed by atoms with E-state index in [0.29, 0.717) is 39.5 Å². The Kier molecular flexibility index (Phi) is 5.26. The van der Waals surface area contributed by atoms with Crippen LogP contribution in [0.15, 0.2) is 24.3 Å². The lowest BCUT2D eigenvalue weighted by atomic mass is 9.76. The van der Waals surface area contributed by atoms with Crippen LogP contribution in [0, 0.1) is 11.3 Å². The number of carbonyl (C=O) groups is 1. The summed E-state index contributed by atoms with van der Waals surface area (Å²) in [6, 6.07) is 7.61. The molecule has 2 fully saturated rings. The summed E-state index contributed by atoms with van der Waals surface area (Å²) in [4.78, 5) is 13.9. The first kappa shape index (κ1) is 17.0. The van der Waals surface area contributed by atoms with Crippen LogP contribution in [0.5, 0.6) is 11.5 Å². The highest BCUT2D eigenvalue weighted by atomic mass is 16.5. The summed E-state index contributed by atoms with van der Waals surface area (Å²) < 4.78 is 16.9. The second-order valence-corrected chi connectivity index (χ2v) is 6.46. The molecule has 0 aromatic heterocycles. The number of fused-ring (bicyclic) bond motifs is 1. The number of likely N-dealkylation sites (tertiary alicyclic amines) is 1. The molecule has 0 amide bonds. The lowest BCUT2D eigenvalue weighted by molar-refractivity contribution is -0.159. The van der Waals surface area contributed by atoms with Crippen LogP contribution in [0.3, 0.4) is 0 Å². The number of nitrogens with zero attached hydrogens (tertiary/aromatic N) is 1. The molecule has 6 nitrogen and oxygen atoms in total. The molecular weight excluding hydrogens is 310 g/mol. The van der Waals surface area contributed by atoms with Crippen molar-refractivity contribution < 1.29 is 24.1 Å². The fourth-order valence-electron chi connectivity index (χ4n) is 3.69. The zero-order chi connectivity index (χ0) is 17.0. The summed E-state index contributed by atoms with van der Waals surface area (Å²) >= 11 is 0. The molecule has 6 heteroatoms. The second kappa shape index (κ2) is 7.40. The lowest BCUT2D eigenvalue weighted by Crippen LogP contribution is -2.46. The van der Waals surface area contributed by atoms with E-state index in [1.54, 1.807) is 0 Å². The lowest BCUT2D eigenvalue weighted by Gasteiger charge is -2.34. The molecular formula is C18H25NO5. The van der Waals surface area contributed by atoms with Gasteiger partial charge in [0.1, 0.15) is 12.0 Å². The third kappa shape index (κ3) is 3.35. The van der Waals surface area contributed by atoms with Gasteiger partial charge in [-0.05, 0) is 31.4 Å². The molecule has 0 unspecified atom stereocenters. The Hall–Kier alpha value is -1.79. The van der Waals surface area contributed by atoms with Crippen LogP contribution in [0.2, 0.25) is 0 Å². The summed E-state index contributed by atoms with van der Waals surface area (Å²) in [5, 5.41) is 9.66. The quantitative estimate of drug-likeness (QED) is 0.821. The van der Waals surface area contributed by atoms with E-state index >= 15 is 0 Å². The number of hydrogen-bond donors (Lipinski definition) is 1. The Balaban J connectivity index is 1.56. The van der Waals surface area contributed by atoms with Gasteiger partial charge in [0.15, 0.2) is 11.5 Å². The maximum absolute atomic E-state index is 11.8. The van der Waals surface area contributed by atoms with E-state index in [-0.39, 0.29) is 5.92 Å². The summed E-state index contributed by atoms with van der Waals surface area (Å²) in [7, 11) is 0. The van der Waals surface area contributed by atoms with Gasteiger partial charge < -0.3 is 19.3 Å². The number of carboxylic acid groups (broad SMARTS) is 1. The summed E-state index contributed by atoms with van der Waals surface area (Å²) in [5.41, 5.74) is -0.749. The molecule has 24 heavy (non-hydrogen) atoms. The molecule has 0 bridgehead atoms. The average Bonchev–Trinajstić information content (AvgIpc) is 2.96. The smallest absolute Gasteiger partial charge is 0.313 e. The van der Waals surface area contributed by atoms with Crippen molar-refractivity contribution in [2.45, 2.75) is 13.3 Å². The number of carboxylic acids is 1. The predicted molar refractivity (Wildman–Crippen MR) is 88.5 cm³/mol. The van der Waals surface area contributed by atoms with Gasteiger partial charge in [-0.15, -0.1) is 0 Å². The van der Waals surface area contributed by atoms with Crippen molar-refractivity contribution in [2.24, 2.45) is 11.3 Å². The number of aliphatic carboxylic acids is 1. The number of hydrogen-bond acceptors (Lipinski definition) is 5. The highest BCUT2D eigenvalue weighted by molar-refractivity contribution is 5.76. The standard InChI is InChI=1S/C18H25NO5/c1-2-23-15-5-3-4-6-16(15)24-10-8-19-11-14-7-9-22-13-18(14,12-19)17(20)21/h3-6,14H,2,7-13H2,1H3,(H,20,21)/t14-,18+/m0/s1. The molecule has 3 rings (SSSR count). The third-order valence-electron chi connectivity index (χ3n) is 4.98. The molecule has 0 spiro atoms. The summed E-state index contributed by atoms with van der Waals surface area (Å²) in [5.74, 6) is 0.898. The van der Waals surface area contributed by atoms with Gasteiger partial charge in [-0.1, -0.05) is 12.1 Å². The molecule has 2 aliphatic heterocycles. The number of rotatable bonds is 7. The molecule has 2 aliphatic rings. The minimum absolute atomic E-state index is 0.166. The van der Waals surface area contributed by atoms with E-state index in [1.807, 2.05) is 31.2 Å². The molecule has 1 N–H and O–H groups in total. The van der Waals surface area contributed by atoms with Crippen molar-refractivity contribution >= 4 is 5.97 Å². The van der Waals surface area contributed by atoms with Crippen molar-refractivity contribution in [1.29, 1.82) is 0 Å². The molecule has 1 aromatic carbocycles. The molecule has 2 heterocycles. The fourth-order valence-corrected chi connectivity index (χ4v) is 3.69. The van der Waals surface area contributed by atoms with E-state index in [9.17, 15) is 9.90 Å². The van der Waals surface area contributed by atoms with E-state index < -0.39 is 11.4 Å². The van der Waals surface area contributed by atoms with E-state index in [2.05, 4.69) is 4.90 Å². The molecule has 2 saturated heterocycles. The maximum Gasteiger partial charge on any atom is 0.313 e. The van der Waals surface area contributed by atoms with Gasteiger partial charge in [-0.3, -0.25) is 9.69 Å². The van der Waals surface area contributed by atoms with Crippen LogP contribution < -0.4 is 9.47 Å². The first-order valence-corrected chi connectivity index (χ1v) is 8.54. The topological polar surface area (TPSA) is 68.2 Å². The van der Waals surface area contributed by atoms with Crippen molar-refractivity contribution in [3.8, 4) is 11.5 Å². The zero-order valence-electron chi connectivity index (χ0n) is 14.1. The molecule has 0 radical (unpaired) electrons. The SMILES string of the molecule is CCOc1ccccc1OCCN1C[C@@H]2CCOC[C@]2(C(=O)O)C1. The monoisotopic (exact) mass is 335 g/mol. The Morgan fingerprint density at radius 3 is 2.79 bits per heavy atom. The summed E-state index contributed by atoms with van der Waals surface area (Å²) in [6.45, 7) is 6.05. The summed E-state index contributed by atoms with van der Waals surface area (Å²) in [6.07, 6.45) is 0.816. The Morgan fingerprint density at radius 1 is 1.38 bits per heavy atom. The molecule has 2 atom stereocenters. The second-order valence-electron chi connectivity index (χ2n) is 6.46. The van der Waals surface area contributed by atoms with Gasteiger partial charge in [-0.25, -0.2) is 0 Å². The van der Waals surface area contributed by atoms with Crippen LogP contribution >= 0.6 is 0 Å². The minimum atomic E-state index is -0.749. The van der Waals surface area contributed by atoms with Crippen molar-refractivity contribution in [2.75, 3.05) is 46.1 Å². The van der Waals surface area contributed by atoms with Gasteiger partial charge >= 0.3 is 5.97 Å². The first-order valence-electron chi connectivity index (χ1n) is 8.54. The average molecular weight is 335 g/mol. The highest BCUT2D eigenvalue weighted by Gasteiger charge is 2.53. The van der Waals surface area contributed by atoms with Gasteiger partial charge in [0, 0.05) is 26.2 Å². The van der Waals surface area contributed by atoms with Crippen LogP contribution in [0.4, 0.5) is 0 Å². The van der Waals surface area contributed by atoms with Crippen LogP contribution in [0.1, 0.15) is 13.3 Å². The third-order valence-corrected chi connectivity index (χ3v) is 4.98. The van der Waals surface area contributed by atoms with Gasteiger partial charge in [-0.2, -0.15) is 0 Å². The van der Waals surface area contributed by atoms with Crippen molar-refractivity contribution in [3.05, 3.63) is 24.3 Å².